The van der Waals surface area contributed by atoms with Crippen LogP contribution in [0.5, 0.6) is 0 Å². The van der Waals surface area contributed by atoms with E-state index in [2.05, 4.69) is 15.3 Å². The van der Waals surface area contributed by atoms with Crippen LogP contribution in [-0.2, 0) is 11.2 Å². The maximum absolute atomic E-state index is 12.8. The molecule has 1 aromatic carbocycles. The summed E-state index contributed by atoms with van der Waals surface area (Å²) in [6, 6.07) is 10.8. The molecular weight excluding hydrogens is 288 g/mol. The molecule has 2 unspecified atom stereocenters. The van der Waals surface area contributed by atoms with Gasteiger partial charge in [0.2, 0.25) is 5.91 Å². The van der Waals surface area contributed by atoms with Crippen molar-refractivity contribution >= 4 is 5.91 Å². The average molecular weight is 310 g/mol. The fraction of sp³-hybridized carbons (Fsp3) is 0.444. The average Bonchev–Trinajstić information content (AvgIpc) is 3.11. The van der Waals surface area contributed by atoms with Crippen molar-refractivity contribution in [1.29, 1.82) is 0 Å². The maximum atomic E-state index is 12.8. The lowest BCUT2D eigenvalue weighted by Gasteiger charge is -2.27. The van der Waals surface area contributed by atoms with Gasteiger partial charge in [-0.3, -0.25) is 4.79 Å². The number of para-hydroxylation sites is 1. The highest BCUT2D eigenvalue weighted by molar-refractivity contribution is 5.79. The summed E-state index contributed by atoms with van der Waals surface area (Å²) >= 11 is 0. The summed E-state index contributed by atoms with van der Waals surface area (Å²) in [5, 5.41) is 7.83. The Hall–Kier alpha value is -2.14. The van der Waals surface area contributed by atoms with E-state index in [1.54, 1.807) is 0 Å². The minimum atomic E-state index is 0.244. The van der Waals surface area contributed by atoms with E-state index >= 15 is 0 Å². The second kappa shape index (κ2) is 6.16. The van der Waals surface area contributed by atoms with Crippen LogP contribution >= 0.6 is 0 Å². The van der Waals surface area contributed by atoms with E-state index in [0.29, 0.717) is 18.5 Å². The van der Waals surface area contributed by atoms with Gasteiger partial charge in [0.1, 0.15) is 0 Å². The van der Waals surface area contributed by atoms with Crippen LogP contribution in [-0.4, -0.2) is 45.8 Å². The van der Waals surface area contributed by atoms with Crippen molar-refractivity contribution in [1.82, 2.24) is 20.0 Å². The van der Waals surface area contributed by atoms with Crippen molar-refractivity contribution in [2.24, 2.45) is 0 Å². The van der Waals surface area contributed by atoms with Crippen LogP contribution in [0.15, 0.2) is 42.7 Å². The fourth-order valence-electron chi connectivity index (χ4n) is 3.83. The molecule has 2 aromatic rings. The Bertz CT molecular complexity index is 667. The lowest BCUT2D eigenvalue weighted by Crippen LogP contribution is -2.43. The molecule has 0 saturated carbocycles. The van der Waals surface area contributed by atoms with Gasteiger partial charge in [-0.05, 0) is 43.5 Å². The Balaban J connectivity index is 1.48. The number of benzene rings is 1. The van der Waals surface area contributed by atoms with Crippen LogP contribution in [0.1, 0.15) is 24.8 Å². The molecule has 0 aliphatic carbocycles. The third-order valence-electron chi connectivity index (χ3n) is 4.95. The highest BCUT2D eigenvalue weighted by Crippen LogP contribution is 2.28. The fourth-order valence-corrected chi connectivity index (χ4v) is 3.83. The van der Waals surface area contributed by atoms with Crippen molar-refractivity contribution in [2.75, 3.05) is 13.1 Å². The molecule has 3 heterocycles. The zero-order chi connectivity index (χ0) is 15.6. The van der Waals surface area contributed by atoms with Gasteiger partial charge < -0.3 is 10.2 Å². The monoisotopic (exact) mass is 310 g/mol. The Kier molecular flexibility index (Phi) is 3.87. The minimum absolute atomic E-state index is 0.244. The van der Waals surface area contributed by atoms with Crippen molar-refractivity contribution in [3.05, 3.63) is 48.3 Å². The highest BCUT2D eigenvalue weighted by Gasteiger charge is 2.37. The molecule has 5 heteroatoms. The van der Waals surface area contributed by atoms with Crippen LogP contribution < -0.4 is 5.32 Å². The first-order valence-electron chi connectivity index (χ1n) is 8.42. The van der Waals surface area contributed by atoms with Gasteiger partial charge in [-0.1, -0.05) is 18.2 Å². The molecule has 120 valence electrons. The van der Waals surface area contributed by atoms with Crippen molar-refractivity contribution in [2.45, 2.75) is 37.8 Å². The number of carbonyl (C=O) groups is 1. The number of nitrogens with one attached hydrogen (secondary N) is 1. The van der Waals surface area contributed by atoms with E-state index < -0.39 is 0 Å². The first-order chi connectivity index (χ1) is 11.3. The Labute approximate surface area is 136 Å². The minimum Gasteiger partial charge on any atom is -0.335 e. The van der Waals surface area contributed by atoms with E-state index in [1.165, 1.54) is 0 Å². The number of aromatic nitrogens is 2. The van der Waals surface area contributed by atoms with Gasteiger partial charge in [-0.2, -0.15) is 5.10 Å². The normalized spacial score (nSPS) is 23.7. The molecule has 2 atom stereocenters. The van der Waals surface area contributed by atoms with Crippen molar-refractivity contribution < 1.29 is 4.79 Å². The molecule has 1 N–H and O–H groups in total. The third-order valence-corrected chi connectivity index (χ3v) is 4.95. The quantitative estimate of drug-likeness (QED) is 0.940. The van der Waals surface area contributed by atoms with Crippen LogP contribution in [0.2, 0.25) is 0 Å². The Morgan fingerprint density at radius 3 is 2.87 bits per heavy atom. The van der Waals surface area contributed by atoms with Crippen molar-refractivity contribution in [3.8, 4) is 5.69 Å². The second-order valence-corrected chi connectivity index (χ2v) is 6.48. The molecule has 2 fully saturated rings. The van der Waals surface area contributed by atoms with Gasteiger partial charge in [0, 0.05) is 24.8 Å². The summed E-state index contributed by atoms with van der Waals surface area (Å²) in [5.74, 6) is 0.244. The van der Waals surface area contributed by atoms with E-state index in [9.17, 15) is 4.79 Å². The number of hydrogen-bond acceptors (Lipinski definition) is 3. The molecule has 2 aliphatic heterocycles. The molecule has 2 bridgehead atoms. The van der Waals surface area contributed by atoms with Crippen LogP contribution in [0.3, 0.4) is 0 Å². The number of hydrogen-bond donors (Lipinski definition) is 1. The van der Waals surface area contributed by atoms with Crippen LogP contribution in [0, 0.1) is 0 Å². The third kappa shape index (κ3) is 2.88. The standard InChI is InChI=1S/C18H22N4O/c23-18(22-16-6-7-17(22)12-19-9-8-16)10-14-11-20-21(13-14)15-4-2-1-3-5-15/h1-5,11,13,16-17,19H,6-10,12H2. The van der Waals surface area contributed by atoms with Gasteiger partial charge in [0.05, 0.1) is 18.3 Å². The van der Waals surface area contributed by atoms with E-state index in [0.717, 1.165) is 43.6 Å². The topological polar surface area (TPSA) is 50.2 Å². The molecule has 5 nitrogen and oxygen atoms in total. The largest absolute Gasteiger partial charge is 0.335 e. The maximum Gasteiger partial charge on any atom is 0.227 e. The molecule has 23 heavy (non-hydrogen) atoms. The van der Waals surface area contributed by atoms with Gasteiger partial charge in [-0.25, -0.2) is 4.68 Å². The summed E-state index contributed by atoms with van der Waals surface area (Å²) in [7, 11) is 0. The first-order valence-corrected chi connectivity index (χ1v) is 8.42. The lowest BCUT2D eigenvalue weighted by atomic mass is 10.1. The number of amides is 1. The Morgan fingerprint density at radius 1 is 1.17 bits per heavy atom. The SMILES string of the molecule is O=C(Cc1cnn(-c2ccccc2)c1)N1C2CCNCC1CC2. The Morgan fingerprint density at radius 2 is 2.00 bits per heavy atom. The molecular formula is C18H22N4O. The van der Waals surface area contributed by atoms with Crippen LogP contribution in [0.4, 0.5) is 0 Å². The summed E-state index contributed by atoms with van der Waals surface area (Å²) in [6.07, 6.45) is 7.58. The highest BCUT2D eigenvalue weighted by atomic mass is 16.2. The summed E-state index contributed by atoms with van der Waals surface area (Å²) < 4.78 is 1.83. The summed E-state index contributed by atoms with van der Waals surface area (Å²) in [5.41, 5.74) is 2.00. The molecule has 1 aromatic heterocycles. The van der Waals surface area contributed by atoms with Gasteiger partial charge in [0.15, 0.2) is 0 Å². The number of nitrogens with zero attached hydrogens (tertiary/aromatic N) is 3. The van der Waals surface area contributed by atoms with E-state index in [4.69, 9.17) is 0 Å². The lowest BCUT2D eigenvalue weighted by molar-refractivity contribution is -0.133. The molecule has 4 rings (SSSR count). The smallest absolute Gasteiger partial charge is 0.227 e. The zero-order valence-corrected chi connectivity index (χ0v) is 13.2. The van der Waals surface area contributed by atoms with Crippen LogP contribution in [0.25, 0.3) is 5.69 Å². The molecule has 2 aliphatic rings. The number of carbonyl (C=O) groups excluding carboxylic acids is 1. The van der Waals surface area contributed by atoms with E-state index in [1.807, 2.05) is 47.4 Å². The van der Waals surface area contributed by atoms with Gasteiger partial charge in [0.25, 0.3) is 0 Å². The zero-order valence-electron chi connectivity index (χ0n) is 13.2. The van der Waals surface area contributed by atoms with E-state index in [-0.39, 0.29) is 5.91 Å². The molecule has 1 amide bonds. The number of fused-ring (bicyclic) bond motifs is 2. The second-order valence-electron chi connectivity index (χ2n) is 6.48. The molecule has 0 spiro atoms. The summed E-state index contributed by atoms with van der Waals surface area (Å²) in [4.78, 5) is 14.9. The predicted octanol–water partition coefficient (Wildman–Crippen LogP) is 1.77. The van der Waals surface area contributed by atoms with Gasteiger partial charge >= 0.3 is 0 Å². The first kappa shape index (κ1) is 14.5. The molecule has 2 saturated heterocycles. The number of rotatable bonds is 3. The predicted molar refractivity (Wildman–Crippen MR) is 88.4 cm³/mol. The van der Waals surface area contributed by atoms with Crippen molar-refractivity contribution in [3.63, 3.8) is 0 Å². The molecule has 0 radical (unpaired) electrons. The summed E-state index contributed by atoms with van der Waals surface area (Å²) in [6.45, 7) is 1.96. The van der Waals surface area contributed by atoms with Gasteiger partial charge in [-0.15, -0.1) is 0 Å².